The Labute approximate surface area is 316 Å². The largest absolute Gasteiger partial charge is 0.501 e. The molecule has 54 heavy (non-hydrogen) atoms. The van der Waals surface area contributed by atoms with E-state index in [1.165, 1.54) is 23.0 Å². The molecule has 0 saturated carbocycles. The molecule has 1 amide bonds. The third-order valence-corrected chi connectivity index (χ3v) is 13.9. The molecular weight excluding hydrogens is 772 g/mol. The van der Waals surface area contributed by atoms with Gasteiger partial charge in [-0.25, -0.2) is 31.6 Å². The van der Waals surface area contributed by atoms with Crippen LogP contribution >= 0.6 is 11.8 Å². The van der Waals surface area contributed by atoms with Crippen LogP contribution in [0.3, 0.4) is 0 Å². The Hall–Kier alpha value is -3.69. The smallest absolute Gasteiger partial charge is 0.465 e. The Balaban J connectivity index is 1.23. The highest BCUT2D eigenvalue weighted by molar-refractivity contribution is 7.99. The summed E-state index contributed by atoms with van der Waals surface area (Å²) >= 11 is 1.46. The monoisotopic (exact) mass is 813 g/mol. The summed E-state index contributed by atoms with van der Waals surface area (Å²) in [4.78, 5) is 24.5. The number of hydrogen-bond acceptors (Lipinski definition) is 12. The minimum atomic E-state index is -6.01. The maximum atomic E-state index is 14.1. The zero-order chi connectivity index (χ0) is 38.5. The molecule has 2 saturated heterocycles. The number of piperidine rings is 1. The number of fused-ring (bicyclic) bond motifs is 1. The summed E-state index contributed by atoms with van der Waals surface area (Å²) in [5.41, 5.74) is -4.99. The first-order valence-corrected chi connectivity index (χ1v) is 21.4. The summed E-state index contributed by atoms with van der Waals surface area (Å²) in [6.07, 6.45) is 2.32. The molecule has 0 unspecified atom stereocenters. The van der Waals surface area contributed by atoms with E-state index in [4.69, 9.17) is 4.74 Å². The van der Waals surface area contributed by atoms with E-state index in [0.29, 0.717) is 108 Å². The van der Waals surface area contributed by atoms with Gasteiger partial charge >= 0.3 is 11.6 Å². The molecule has 3 aliphatic heterocycles. The lowest BCUT2D eigenvalue weighted by Gasteiger charge is -2.39. The van der Waals surface area contributed by atoms with E-state index >= 15 is 0 Å². The molecule has 0 aliphatic carbocycles. The van der Waals surface area contributed by atoms with Crippen molar-refractivity contribution in [3.05, 3.63) is 66.1 Å². The molecule has 14 nitrogen and oxygen atoms in total. The van der Waals surface area contributed by atoms with Gasteiger partial charge in [-0.15, -0.1) is 11.8 Å². The number of likely N-dealkylation sites (tertiary alicyclic amines) is 1. The fourth-order valence-corrected chi connectivity index (χ4v) is 9.90. The summed E-state index contributed by atoms with van der Waals surface area (Å²) in [5, 5.41) is 12.3. The molecule has 0 bridgehead atoms. The molecule has 0 spiro atoms. The second-order valence-corrected chi connectivity index (χ2v) is 18.0. The number of amides is 1. The molecule has 1 aromatic heterocycles. The first-order valence-electron chi connectivity index (χ1n) is 17.5. The van der Waals surface area contributed by atoms with Gasteiger partial charge in [0.2, 0.25) is 0 Å². The highest BCUT2D eigenvalue weighted by atomic mass is 32.2. The van der Waals surface area contributed by atoms with Crippen molar-refractivity contribution in [3.8, 4) is 0 Å². The summed E-state index contributed by atoms with van der Waals surface area (Å²) in [7, 11) is -10.6. The molecule has 3 aliphatic rings. The van der Waals surface area contributed by atoms with Crippen molar-refractivity contribution in [2.45, 2.75) is 64.5 Å². The lowest BCUT2D eigenvalue weighted by atomic mass is 9.98. The normalized spacial score (nSPS) is 18.5. The minimum Gasteiger partial charge on any atom is -0.465 e. The average molecular weight is 814 g/mol. The third-order valence-electron chi connectivity index (χ3n) is 9.83. The molecule has 2 fully saturated rings. The van der Waals surface area contributed by atoms with Gasteiger partial charge in [0.05, 0.1) is 29.5 Å². The Kier molecular flexibility index (Phi) is 12.6. The number of carboxylic acid groups (broad SMARTS) is 1. The van der Waals surface area contributed by atoms with E-state index in [9.17, 15) is 39.9 Å². The predicted octanol–water partition coefficient (Wildman–Crippen LogP) is 4.37. The van der Waals surface area contributed by atoms with Crippen molar-refractivity contribution in [1.82, 2.24) is 24.7 Å². The van der Waals surface area contributed by atoms with Crippen LogP contribution in [0.2, 0.25) is 0 Å². The van der Waals surface area contributed by atoms with Crippen molar-refractivity contribution in [2.75, 3.05) is 68.3 Å². The number of benzene rings is 2. The van der Waals surface area contributed by atoms with Crippen LogP contribution in [0.4, 0.5) is 29.5 Å². The highest BCUT2D eigenvalue weighted by Crippen LogP contribution is 2.37. The summed E-state index contributed by atoms with van der Waals surface area (Å²) in [6.45, 7) is 4.77. The number of aromatic nitrogens is 2. The molecule has 6 rings (SSSR count). The molecule has 2 aromatic carbocycles. The number of nitrogens with zero attached hydrogens (tertiary/aromatic N) is 5. The number of halogens is 3. The number of sulfonamides is 1. The molecule has 294 valence electrons. The fraction of sp³-hybridized carbons (Fsp3) is 0.500. The maximum absolute atomic E-state index is 14.1. The van der Waals surface area contributed by atoms with Gasteiger partial charge in [-0.05, 0) is 56.0 Å². The van der Waals surface area contributed by atoms with Crippen LogP contribution in [0.5, 0.6) is 0 Å². The predicted molar refractivity (Wildman–Crippen MR) is 196 cm³/mol. The van der Waals surface area contributed by atoms with Crippen LogP contribution in [-0.2, 0) is 37.6 Å². The van der Waals surface area contributed by atoms with Gasteiger partial charge in [0.15, 0.2) is 0 Å². The zero-order valence-electron chi connectivity index (χ0n) is 29.2. The summed E-state index contributed by atoms with van der Waals surface area (Å²) < 4.78 is 104. The first kappa shape index (κ1) is 40.0. The van der Waals surface area contributed by atoms with Crippen molar-refractivity contribution >= 4 is 49.2 Å². The van der Waals surface area contributed by atoms with Gasteiger partial charge in [0, 0.05) is 74.1 Å². The molecule has 3 N–H and O–H groups in total. The quantitative estimate of drug-likeness (QED) is 0.208. The Bertz CT molecular complexity index is 2000. The minimum absolute atomic E-state index is 0.0520. The van der Waals surface area contributed by atoms with Crippen molar-refractivity contribution in [1.29, 1.82) is 0 Å². The standard InChI is InChI=1S/C34H42F3N7O7S3/c35-34(36,37)53(47,48)31-20-27(6-7-29(31)40-24(8-12-42-16-18-51-19-17-42)22-52-26-4-2-1-3-5-26)54(49,50)41-32-28-11-15-44(21-30(28)38-23-39-32)25-9-13-43(14-10-25)33(45)46/h1-7,20,23-25,40H,8-19,21-22H2,(H,45,46)(H,38,39,41)/t24-/m1/s1. The van der Waals surface area contributed by atoms with E-state index in [-0.39, 0.29) is 17.5 Å². The van der Waals surface area contributed by atoms with Crippen molar-refractivity contribution in [3.63, 3.8) is 0 Å². The Morgan fingerprint density at radius 3 is 2.41 bits per heavy atom. The number of alkyl halides is 3. The number of anilines is 2. The van der Waals surface area contributed by atoms with Crippen LogP contribution in [0.15, 0.2) is 69.5 Å². The van der Waals surface area contributed by atoms with Gasteiger partial charge in [-0.2, -0.15) is 13.2 Å². The number of rotatable bonds is 13. The van der Waals surface area contributed by atoms with E-state index in [1.54, 1.807) is 0 Å². The van der Waals surface area contributed by atoms with E-state index < -0.39 is 47.3 Å². The van der Waals surface area contributed by atoms with E-state index in [0.717, 1.165) is 17.0 Å². The maximum Gasteiger partial charge on any atom is 0.501 e. The molecule has 4 heterocycles. The lowest BCUT2D eigenvalue weighted by molar-refractivity contribution is -0.0435. The number of nitrogens with one attached hydrogen (secondary N) is 2. The Morgan fingerprint density at radius 1 is 1.00 bits per heavy atom. The molecule has 1 atom stereocenters. The van der Waals surface area contributed by atoms with Gasteiger partial charge in [-0.1, -0.05) is 18.2 Å². The van der Waals surface area contributed by atoms with Gasteiger partial charge < -0.3 is 20.1 Å². The number of thioether (sulfide) groups is 1. The fourth-order valence-electron chi connectivity index (χ4n) is 6.81. The lowest BCUT2D eigenvalue weighted by Crippen LogP contribution is -2.48. The van der Waals surface area contributed by atoms with Crippen molar-refractivity contribution in [2.24, 2.45) is 0 Å². The second kappa shape index (κ2) is 17.0. The van der Waals surface area contributed by atoms with Crippen LogP contribution in [-0.4, -0.2) is 129 Å². The van der Waals surface area contributed by atoms with Crippen LogP contribution < -0.4 is 10.0 Å². The number of ether oxygens (including phenoxy) is 1. The van der Waals surface area contributed by atoms with E-state index in [2.05, 4.69) is 29.8 Å². The number of hydrogen-bond donors (Lipinski definition) is 3. The topological polar surface area (TPSA) is 174 Å². The van der Waals surface area contributed by atoms with E-state index in [1.807, 2.05) is 30.3 Å². The summed E-state index contributed by atoms with van der Waals surface area (Å²) in [5.74, 6) is 0.336. The van der Waals surface area contributed by atoms with Gasteiger partial charge in [0.1, 0.15) is 17.0 Å². The number of carbonyl (C=O) groups is 1. The van der Waals surface area contributed by atoms with Crippen LogP contribution in [0.25, 0.3) is 0 Å². The van der Waals surface area contributed by atoms with Gasteiger partial charge in [0.25, 0.3) is 19.9 Å². The molecule has 20 heteroatoms. The van der Waals surface area contributed by atoms with Gasteiger partial charge in [-0.3, -0.25) is 14.5 Å². The SMILES string of the molecule is O=C(O)N1CCC(N2CCc3c(ncnc3NS(=O)(=O)c3ccc(N[C@H](CCN4CCOCC4)CSc4ccccc4)c(S(=O)(=O)C(F)(F)F)c3)C2)CC1. The number of morpholine rings is 1. The molecule has 3 aromatic rings. The highest BCUT2D eigenvalue weighted by Gasteiger charge is 2.48. The summed E-state index contributed by atoms with van der Waals surface area (Å²) in [6, 6.07) is 11.7. The molecule has 0 radical (unpaired) electrons. The number of sulfone groups is 1. The average Bonchev–Trinajstić information content (AvgIpc) is 3.16. The zero-order valence-corrected chi connectivity index (χ0v) is 31.7. The second-order valence-electron chi connectivity index (χ2n) is 13.3. The van der Waals surface area contributed by atoms with Crippen molar-refractivity contribution < 1.29 is 44.6 Å². The third kappa shape index (κ3) is 9.57. The molecular formula is C34H42F3N7O7S3. The van der Waals surface area contributed by atoms with Crippen LogP contribution in [0, 0.1) is 0 Å². The Morgan fingerprint density at radius 2 is 1.72 bits per heavy atom. The van der Waals surface area contributed by atoms with Crippen LogP contribution in [0.1, 0.15) is 30.5 Å². The first-order chi connectivity index (χ1) is 25.7.